The number of nitrogens with one attached hydrogen (secondary N) is 1. The van der Waals surface area contributed by atoms with E-state index >= 15 is 0 Å². The largest absolute Gasteiger partial charge is 0.329 e. The van der Waals surface area contributed by atoms with Crippen molar-refractivity contribution in [1.82, 2.24) is 10.2 Å². The molecule has 2 aromatic carbocycles. The molecule has 3 N–H and O–H groups in total. The molecule has 1 aliphatic heterocycles. The van der Waals surface area contributed by atoms with Gasteiger partial charge in [0.1, 0.15) is 0 Å². The number of rotatable bonds is 7. The number of hydrogen-bond donors (Lipinski definition) is 2. The Hall–Kier alpha value is -1.68. The van der Waals surface area contributed by atoms with E-state index in [1.807, 2.05) is 0 Å². The van der Waals surface area contributed by atoms with Gasteiger partial charge in [-0.05, 0) is 55.9 Å². The van der Waals surface area contributed by atoms with Crippen molar-refractivity contribution in [1.29, 1.82) is 0 Å². The first-order valence-electron chi connectivity index (χ1n) is 10.1. The van der Waals surface area contributed by atoms with E-state index in [1.54, 1.807) is 0 Å². The molecule has 0 spiro atoms. The van der Waals surface area contributed by atoms with Crippen molar-refractivity contribution >= 4 is 0 Å². The summed E-state index contributed by atoms with van der Waals surface area (Å²) in [6, 6.07) is 21.4. The Kier molecular flexibility index (Phi) is 10.0. The summed E-state index contributed by atoms with van der Waals surface area (Å²) in [6.45, 7) is 8.45. The Morgan fingerprint density at radius 2 is 1.54 bits per heavy atom. The molecule has 1 aliphatic rings. The fraction of sp³-hybridized carbons (Fsp3) is 0.478. The van der Waals surface area contributed by atoms with E-state index in [2.05, 4.69) is 77.8 Å². The van der Waals surface area contributed by atoms with Crippen LogP contribution in [0.15, 0.2) is 60.7 Å². The van der Waals surface area contributed by atoms with Crippen molar-refractivity contribution in [2.45, 2.75) is 38.6 Å². The van der Waals surface area contributed by atoms with Crippen LogP contribution in [0.5, 0.6) is 0 Å². The van der Waals surface area contributed by atoms with E-state index in [0.717, 1.165) is 32.1 Å². The molecular formula is C23H35N3. The minimum atomic E-state index is 0.743. The molecule has 0 aromatic heterocycles. The predicted molar refractivity (Wildman–Crippen MR) is 112 cm³/mol. The van der Waals surface area contributed by atoms with E-state index in [1.165, 1.54) is 43.5 Å². The van der Waals surface area contributed by atoms with Gasteiger partial charge in [0.05, 0.1) is 0 Å². The van der Waals surface area contributed by atoms with Gasteiger partial charge in [-0.3, -0.25) is 4.90 Å². The maximum atomic E-state index is 5.57. The van der Waals surface area contributed by atoms with Crippen LogP contribution in [-0.2, 0) is 6.54 Å². The Morgan fingerprint density at radius 1 is 0.923 bits per heavy atom. The maximum absolute atomic E-state index is 5.57. The third-order valence-electron chi connectivity index (χ3n) is 4.84. The highest BCUT2D eigenvalue weighted by Crippen LogP contribution is 2.24. The highest BCUT2D eigenvalue weighted by atomic mass is 15.1. The van der Waals surface area contributed by atoms with Gasteiger partial charge in [-0.15, -0.1) is 0 Å². The van der Waals surface area contributed by atoms with Gasteiger partial charge in [-0.2, -0.15) is 0 Å². The molecular weight excluding hydrogens is 318 g/mol. The zero-order valence-corrected chi connectivity index (χ0v) is 16.2. The number of nitrogens with zero attached hydrogens (tertiary/aromatic N) is 1. The fourth-order valence-corrected chi connectivity index (χ4v) is 3.49. The lowest BCUT2D eigenvalue weighted by Crippen LogP contribution is -2.29. The topological polar surface area (TPSA) is 41.3 Å². The van der Waals surface area contributed by atoms with E-state index in [4.69, 9.17) is 5.73 Å². The molecule has 3 rings (SSSR count). The molecule has 0 saturated carbocycles. The van der Waals surface area contributed by atoms with Gasteiger partial charge in [-0.1, -0.05) is 67.6 Å². The van der Waals surface area contributed by atoms with Gasteiger partial charge in [0.2, 0.25) is 0 Å². The van der Waals surface area contributed by atoms with Crippen LogP contribution in [0.3, 0.4) is 0 Å². The van der Waals surface area contributed by atoms with E-state index < -0.39 is 0 Å². The molecule has 3 heteroatoms. The standard InChI is InChI=1S/C12H20N2.C11H15N/c1-2-9-14(10-8-13)11-12-6-4-3-5-7-12;1-2-4-10(5-3-1)11-6-8-12-9-7-11/h3-7H,2,8-11,13H2,1H3;1-5,11-12H,6-9H2. The van der Waals surface area contributed by atoms with Gasteiger partial charge in [-0.25, -0.2) is 0 Å². The molecule has 0 radical (unpaired) electrons. The Morgan fingerprint density at radius 3 is 2.12 bits per heavy atom. The summed E-state index contributed by atoms with van der Waals surface area (Å²) in [5.74, 6) is 0.799. The van der Waals surface area contributed by atoms with Crippen molar-refractivity contribution in [2.75, 3.05) is 32.7 Å². The third-order valence-corrected chi connectivity index (χ3v) is 4.84. The molecule has 3 nitrogen and oxygen atoms in total. The van der Waals surface area contributed by atoms with Gasteiger partial charge in [0.25, 0.3) is 0 Å². The quantitative estimate of drug-likeness (QED) is 0.790. The molecule has 26 heavy (non-hydrogen) atoms. The first-order valence-corrected chi connectivity index (χ1v) is 10.1. The van der Waals surface area contributed by atoms with E-state index in [-0.39, 0.29) is 0 Å². The highest BCUT2D eigenvalue weighted by molar-refractivity contribution is 5.19. The molecule has 1 saturated heterocycles. The van der Waals surface area contributed by atoms with Crippen molar-refractivity contribution in [3.63, 3.8) is 0 Å². The highest BCUT2D eigenvalue weighted by Gasteiger charge is 2.13. The van der Waals surface area contributed by atoms with Crippen molar-refractivity contribution < 1.29 is 0 Å². The third kappa shape index (κ3) is 7.69. The summed E-state index contributed by atoms with van der Waals surface area (Å²) in [5, 5.41) is 3.38. The smallest absolute Gasteiger partial charge is 0.0234 e. The van der Waals surface area contributed by atoms with Crippen LogP contribution < -0.4 is 11.1 Å². The van der Waals surface area contributed by atoms with Crippen LogP contribution in [0.25, 0.3) is 0 Å². The first-order chi connectivity index (χ1) is 12.8. The molecule has 1 fully saturated rings. The Bertz CT molecular complexity index is 559. The second kappa shape index (κ2) is 12.6. The fourth-order valence-electron chi connectivity index (χ4n) is 3.49. The first kappa shape index (κ1) is 20.6. The summed E-state index contributed by atoms with van der Waals surface area (Å²) < 4.78 is 0. The molecule has 2 aromatic rings. The summed E-state index contributed by atoms with van der Waals surface area (Å²) in [7, 11) is 0. The van der Waals surface area contributed by atoms with Crippen LogP contribution in [0.1, 0.15) is 43.2 Å². The van der Waals surface area contributed by atoms with Gasteiger partial charge in [0, 0.05) is 19.6 Å². The minimum absolute atomic E-state index is 0.743. The molecule has 0 aliphatic carbocycles. The summed E-state index contributed by atoms with van der Waals surface area (Å²) in [4.78, 5) is 2.40. The van der Waals surface area contributed by atoms with Gasteiger partial charge < -0.3 is 11.1 Å². The number of hydrogen-bond acceptors (Lipinski definition) is 3. The number of piperidine rings is 1. The van der Waals surface area contributed by atoms with Crippen LogP contribution in [0.4, 0.5) is 0 Å². The molecule has 1 heterocycles. The Labute approximate surface area is 159 Å². The van der Waals surface area contributed by atoms with E-state index in [0.29, 0.717) is 0 Å². The zero-order valence-electron chi connectivity index (χ0n) is 16.2. The summed E-state index contributed by atoms with van der Waals surface area (Å²) in [6.07, 6.45) is 3.78. The molecule has 0 atom stereocenters. The normalized spacial score (nSPS) is 14.7. The van der Waals surface area contributed by atoms with Crippen molar-refractivity contribution in [3.8, 4) is 0 Å². The van der Waals surface area contributed by atoms with Crippen molar-refractivity contribution in [3.05, 3.63) is 71.8 Å². The number of benzene rings is 2. The average Bonchev–Trinajstić information content (AvgIpc) is 2.71. The second-order valence-corrected chi connectivity index (χ2v) is 6.99. The van der Waals surface area contributed by atoms with Gasteiger partial charge in [0.15, 0.2) is 0 Å². The molecule has 0 unspecified atom stereocenters. The lowest BCUT2D eigenvalue weighted by atomic mass is 9.90. The summed E-state index contributed by atoms with van der Waals surface area (Å²) in [5.41, 5.74) is 8.45. The molecule has 142 valence electrons. The van der Waals surface area contributed by atoms with Crippen molar-refractivity contribution in [2.24, 2.45) is 5.73 Å². The molecule has 0 amide bonds. The number of nitrogens with two attached hydrogens (primary N) is 1. The van der Waals surface area contributed by atoms with Crippen LogP contribution >= 0.6 is 0 Å². The van der Waals surface area contributed by atoms with Crippen LogP contribution in [-0.4, -0.2) is 37.6 Å². The molecule has 0 bridgehead atoms. The second-order valence-electron chi connectivity index (χ2n) is 6.99. The SMILES string of the molecule is CCCN(CCN)Cc1ccccc1.c1ccc(C2CCNCC2)cc1. The minimum Gasteiger partial charge on any atom is -0.329 e. The average molecular weight is 354 g/mol. The zero-order chi connectivity index (χ0) is 18.5. The monoisotopic (exact) mass is 353 g/mol. The predicted octanol–water partition coefficient (Wildman–Crippen LogP) is 4.01. The van der Waals surface area contributed by atoms with Crippen LogP contribution in [0, 0.1) is 0 Å². The van der Waals surface area contributed by atoms with Gasteiger partial charge >= 0.3 is 0 Å². The lowest BCUT2D eigenvalue weighted by Gasteiger charge is -2.22. The lowest BCUT2D eigenvalue weighted by molar-refractivity contribution is 0.273. The Balaban J connectivity index is 0.000000189. The maximum Gasteiger partial charge on any atom is 0.0234 e. The van der Waals surface area contributed by atoms with E-state index in [9.17, 15) is 0 Å². The summed E-state index contributed by atoms with van der Waals surface area (Å²) >= 11 is 0. The van der Waals surface area contributed by atoms with Crippen LogP contribution in [0.2, 0.25) is 0 Å².